The summed E-state index contributed by atoms with van der Waals surface area (Å²) >= 11 is 0. The van der Waals surface area contributed by atoms with Crippen LogP contribution in [-0.4, -0.2) is 35.1 Å². The van der Waals surface area contributed by atoms with E-state index in [1.54, 1.807) is 4.90 Å². The van der Waals surface area contributed by atoms with Crippen molar-refractivity contribution in [3.05, 3.63) is 41.5 Å². The third-order valence-corrected chi connectivity index (χ3v) is 3.89. The number of nitrogens with zero attached hydrogens (tertiary/aromatic N) is 1. The molecule has 1 aliphatic rings. The highest BCUT2D eigenvalue weighted by Crippen LogP contribution is 2.29. The van der Waals surface area contributed by atoms with E-state index in [-0.39, 0.29) is 18.4 Å². The van der Waals surface area contributed by atoms with E-state index >= 15 is 0 Å². The summed E-state index contributed by atoms with van der Waals surface area (Å²) in [5.41, 5.74) is -0.198. The predicted molar refractivity (Wildman–Crippen MR) is 76.8 cm³/mol. The van der Waals surface area contributed by atoms with Crippen molar-refractivity contribution in [2.75, 3.05) is 13.1 Å². The second kappa shape index (κ2) is 6.52. The molecule has 1 fully saturated rings. The molecular formula is C16H18F3NO2. The van der Waals surface area contributed by atoms with Crippen LogP contribution >= 0.6 is 0 Å². The highest BCUT2D eigenvalue weighted by molar-refractivity contribution is 5.91. The van der Waals surface area contributed by atoms with Crippen molar-refractivity contribution in [1.82, 2.24) is 4.90 Å². The summed E-state index contributed by atoms with van der Waals surface area (Å²) in [7, 11) is 0. The van der Waals surface area contributed by atoms with Gasteiger partial charge in [0.15, 0.2) is 0 Å². The number of aliphatic hydroxyl groups excluding tert-OH is 1. The van der Waals surface area contributed by atoms with E-state index < -0.39 is 17.8 Å². The van der Waals surface area contributed by atoms with Gasteiger partial charge in [0.25, 0.3) is 0 Å². The Hall–Kier alpha value is -1.82. The second-order valence-corrected chi connectivity index (χ2v) is 5.57. The monoisotopic (exact) mass is 313 g/mol. The van der Waals surface area contributed by atoms with E-state index in [9.17, 15) is 23.1 Å². The van der Waals surface area contributed by atoms with Crippen LogP contribution in [0.25, 0.3) is 6.08 Å². The number of carbonyl (C=O) groups is 1. The lowest BCUT2D eigenvalue weighted by atomic mass is 9.96. The van der Waals surface area contributed by atoms with Crippen molar-refractivity contribution >= 4 is 12.0 Å². The lowest BCUT2D eigenvalue weighted by Crippen LogP contribution is -2.45. The first-order chi connectivity index (χ1) is 10.3. The second-order valence-electron chi connectivity index (χ2n) is 5.57. The molecule has 0 aromatic heterocycles. The van der Waals surface area contributed by atoms with Crippen molar-refractivity contribution < 1.29 is 23.1 Å². The fraction of sp³-hybridized carbons (Fsp3) is 0.438. The number of carbonyl (C=O) groups excluding carboxylic acids is 1. The number of piperidine rings is 1. The molecule has 3 nitrogen and oxygen atoms in total. The number of hydrogen-bond acceptors (Lipinski definition) is 2. The Balaban J connectivity index is 1.98. The van der Waals surface area contributed by atoms with Crippen molar-refractivity contribution in [3.63, 3.8) is 0 Å². The van der Waals surface area contributed by atoms with Crippen LogP contribution in [0, 0.1) is 5.92 Å². The Bertz CT molecular complexity index is 552. The van der Waals surface area contributed by atoms with Crippen LogP contribution < -0.4 is 0 Å². The quantitative estimate of drug-likeness (QED) is 0.853. The van der Waals surface area contributed by atoms with E-state index in [0.717, 1.165) is 18.6 Å². The Morgan fingerprint density at radius 2 is 1.95 bits per heavy atom. The van der Waals surface area contributed by atoms with Gasteiger partial charge in [-0.05, 0) is 36.1 Å². The van der Waals surface area contributed by atoms with Gasteiger partial charge >= 0.3 is 6.18 Å². The number of benzene rings is 1. The first-order valence-electron chi connectivity index (χ1n) is 7.09. The normalized spacial score (nSPS) is 23.0. The first kappa shape index (κ1) is 16.5. The zero-order chi connectivity index (χ0) is 16.3. The van der Waals surface area contributed by atoms with Crippen LogP contribution in [-0.2, 0) is 11.0 Å². The SMILES string of the molecule is CC1CCN(C(=O)/C=C/c2ccc(C(F)(F)F)cc2)CC1O. The molecule has 120 valence electrons. The molecule has 0 bridgehead atoms. The first-order valence-corrected chi connectivity index (χ1v) is 7.09. The minimum absolute atomic E-state index is 0.169. The van der Waals surface area contributed by atoms with Crippen LogP contribution in [0.3, 0.4) is 0 Å². The van der Waals surface area contributed by atoms with E-state index in [1.807, 2.05) is 6.92 Å². The Morgan fingerprint density at radius 1 is 1.32 bits per heavy atom. The molecule has 1 N–H and O–H groups in total. The molecule has 2 atom stereocenters. The molecule has 1 aromatic carbocycles. The summed E-state index contributed by atoms with van der Waals surface area (Å²) in [5.74, 6) is -0.0752. The number of β-amino-alcohol motifs (C(OH)–C–C–N with tert-alkyl or cyclic N) is 1. The molecule has 0 aliphatic carbocycles. The van der Waals surface area contributed by atoms with E-state index in [1.165, 1.54) is 24.3 Å². The summed E-state index contributed by atoms with van der Waals surface area (Å²) in [6.07, 6.45) is -1.35. The average molecular weight is 313 g/mol. The van der Waals surface area contributed by atoms with Crippen LogP contribution in [0.5, 0.6) is 0 Å². The number of hydrogen-bond donors (Lipinski definition) is 1. The zero-order valence-electron chi connectivity index (χ0n) is 12.2. The summed E-state index contributed by atoms with van der Waals surface area (Å²) in [6, 6.07) is 4.60. The third kappa shape index (κ3) is 4.10. The minimum atomic E-state index is -4.36. The van der Waals surface area contributed by atoms with Gasteiger partial charge in [-0.3, -0.25) is 4.79 Å². The molecule has 0 saturated carbocycles. The summed E-state index contributed by atoms with van der Waals surface area (Å²) < 4.78 is 37.3. The van der Waals surface area contributed by atoms with E-state index in [4.69, 9.17) is 0 Å². The lowest BCUT2D eigenvalue weighted by molar-refractivity contribution is -0.137. The maximum atomic E-state index is 12.4. The average Bonchev–Trinajstić information content (AvgIpc) is 2.47. The Morgan fingerprint density at radius 3 is 2.50 bits per heavy atom. The lowest BCUT2D eigenvalue weighted by Gasteiger charge is -2.33. The van der Waals surface area contributed by atoms with Crippen molar-refractivity contribution in [2.45, 2.75) is 25.6 Å². The van der Waals surface area contributed by atoms with Crippen LogP contribution in [0.4, 0.5) is 13.2 Å². The molecule has 22 heavy (non-hydrogen) atoms. The predicted octanol–water partition coefficient (Wildman–Crippen LogP) is 2.95. The van der Waals surface area contributed by atoms with E-state index in [2.05, 4.69) is 0 Å². The topological polar surface area (TPSA) is 40.5 Å². The number of amides is 1. The smallest absolute Gasteiger partial charge is 0.391 e. The fourth-order valence-electron chi connectivity index (χ4n) is 2.31. The molecular weight excluding hydrogens is 295 g/mol. The molecule has 1 aromatic rings. The molecule has 1 heterocycles. The maximum absolute atomic E-state index is 12.4. The third-order valence-electron chi connectivity index (χ3n) is 3.89. The van der Waals surface area contributed by atoms with E-state index in [0.29, 0.717) is 12.1 Å². The number of aliphatic hydroxyl groups is 1. The standard InChI is InChI=1S/C16H18F3NO2/c1-11-8-9-20(10-14(11)21)15(22)7-4-12-2-5-13(6-3-12)16(17,18)19/h2-7,11,14,21H,8-10H2,1H3/b7-4+. The number of rotatable bonds is 2. The van der Waals surface area contributed by atoms with Crippen LogP contribution in [0.1, 0.15) is 24.5 Å². The largest absolute Gasteiger partial charge is 0.416 e. The molecule has 1 aliphatic heterocycles. The minimum Gasteiger partial charge on any atom is -0.391 e. The van der Waals surface area contributed by atoms with Crippen molar-refractivity contribution in [1.29, 1.82) is 0 Å². The molecule has 0 radical (unpaired) electrons. The molecule has 2 rings (SSSR count). The van der Waals surface area contributed by atoms with Gasteiger partial charge in [-0.15, -0.1) is 0 Å². The van der Waals surface area contributed by atoms with Gasteiger partial charge in [-0.2, -0.15) is 13.2 Å². The van der Waals surface area contributed by atoms with Gasteiger partial charge in [0, 0.05) is 19.2 Å². The number of alkyl halides is 3. The van der Waals surface area contributed by atoms with Gasteiger partial charge in [0.1, 0.15) is 0 Å². The Kier molecular flexibility index (Phi) is 4.90. The summed E-state index contributed by atoms with van der Waals surface area (Å²) in [6.45, 7) is 2.80. The molecule has 0 spiro atoms. The highest BCUT2D eigenvalue weighted by Gasteiger charge is 2.30. The van der Waals surface area contributed by atoms with Gasteiger partial charge in [0.2, 0.25) is 5.91 Å². The molecule has 6 heteroatoms. The number of halogens is 3. The molecule has 2 unspecified atom stereocenters. The van der Waals surface area contributed by atoms with Crippen LogP contribution in [0.15, 0.2) is 30.3 Å². The molecule has 1 amide bonds. The zero-order valence-corrected chi connectivity index (χ0v) is 12.2. The van der Waals surface area contributed by atoms with Crippen molar-refractivity contribution in [2.24, 2.45) is 5.92 Å². The van der Waals surface area contributed by atoms with Crippen LogP contribution in [0.2, 0.25) is 0 Å². The fourth-order valence-corrected chi connectivity index (χ4v) is 2.31. The van der Waals surface area contributed by atoms with Crippen molar-refractivity contribution in [3.8, 4) is 0 Å². The maximum Gasteiger partial charge on any atom is 0.416 e. The van der Waals surface area contributed by atoms with Gasteiger partial charge in [-0.25, -0.2) is 0 Å². The summed E-state index contributed by atoms with van der Waals surface area (Å²) in [5, 5.41) is 9.76. The highest BCUT2D eigenvalue weighted by atomic mass is 19.4. The summed E-state index contributed by atoms with van der Waals surface area (Å²) in [4.78, 5) is 13.5. The van der Waals surface area contributed by atoms with Gasteiger partial charge in [0.05, 0.1) is 11.7 Å². The Labute approximate surface area is 127 Å². The number of likely N-dealkylation sites (tertiary alicyclic amines) is 1. The van der Waals surface area contributed by atoms with Gasteiger partial charge < -0.3 is 10.0 Å². The molecule has 1 saturated heterocycles. The van der Waals surface area contributed by atoms with Gasteiger partial charge in [-0.1, -0.05) is 19.1 Å².